The molecule has 0 spiro atoms. The van der Waals surface area contributed by atoms with Gasteiger partial charge >= 0.3 is 0 Å². The monoisotopic (exact) mass is 558 g/mol. The summed E-state index contributed by atoms with van der Waals surface area (Å²) < 4.78 is 4.95. The van der Waals surface area contributed by atoms with Crippen molar-refractivity contribution in [1.29, 1.82) is 0 Å². The maximum Gasteiger partial charge on any atom is 0.0783 e. The van der Waals surface area contributed by atoms with E-state index < -0.39 is 0 Å². The second kappa shape index (κ2) is 8.82. The molecule has 0 saturated heterocycles. The Morgan fingerprint density at radius 3 is 1.34 bits per heavy atom. The van der Waals surface area contributed by atoms with Crippen molar-refractivity contribution in [3.05, 3.63) is 158 Å². The lowest BCUT2D eigenvalue weighted by Gasteiger charge is -2.11. The molecule has 0 aliphatic rings. The molecule has 10 aromatic rings. The van der Waals surface area contributed by atoms with Gasteiger partial charge in [-0.2, -0.15) is 0 Å². The quantitative estimate of drug-likeness (QED) is 0.191. The number of rotatable bonds is 3. The molecule has 0 saturated carbocycles. The van der Waals surface area contributed by atoms with E-state index in [9.17, 15) is 0 Å². The highest BCUT2D eigenvalue weighted by Crippen LogP contribution is 2.41. The van der Waals surface area contributed by atoms with Crippen molar-refractivity contribution >= 4 is 54.6 Å². The zero-order chi connectivity index (χ0) is 28.8. The topological polar surface area (TPSA) is 8.82 Å². The van der Waals surface area contributed by atoms with E-state index in [1.54, 1.807) is 0 Å². The van der Waals surface area contributed by atoms with Crippen LogP contribution in [0.5, 0.6) is 0 Å². The molecule has 0 fully saturated rings. The molecule has 0 aliphatic carbocycles. The molecule has 3 aromatic heterocycles. The van der Waals surface area contributed by atoms with E-state index in [1.807, 2.05) is 0 Å². The fourth-order valence-electron chi connectivity index (χ4n) is 7.48. The third kappa shape index (κ3) is 3.20. The lowest BCUT2D eigenvalue weighted by Crippen LogP contribution is -1.96. The van der Waals surface area contributed by atoms with Crippen LogP contribution >= 0.6 is 0 Å². The van der Waals surface area contributed by atoms with Gasteiger partial charge in [-0.05, 0) is 75.8 Å². The van der Waals surface area contributed by atoms with Gasteiger partial charge < -0.3 is 8.80 Å². The van der Waals surface area contributed by atoms with Gasteiger partial charge in [-0.15, -0.1) is 0 Å². The molecule has 3 heterocycles. The first-order valence-corrected chi connectivity index (χ1v) is 15.2. The van der Waals surface area contributed by atoms with Gasteiger partial charge in [0.15, 0.2) is 0 Å². The molecular weight excluding hydrogens is 532 g/mol. The SMILES string of the molecule is c1ccc(-c2cccc(-c3cccc(-c4ccc5c(c4)c4cccc6c4n5c4cccc5c7ccccc7n6c54)c3)c2)cc1. The number of aromatic nitrogens is 2. The lowest BCUT2D eigenvalue weighted by atomic mass is 9.96. The molecule has 10 rings (SSSR count). The summed E-state index contributed by atoms with van der Waals surface area (Å²) in [5, 5.41) is 5.16. The molecule has 0 bridgehead atoms. The number of hydrogen-bond acceptors (Lipinski definition) is 0. The van der Waals surface area contributed by atoms with Gasteiger partial charge in [0.1, 0.15) is 0 Å². The van der Waals surface area contributed by atoms with Gasteiger partial charge in [-0.3, -0.25) is 0 Å². The third-order valence-corrected chi connectivity index (χ3v) is 9.42. The van der Waals surface area contributed by atoms with Crippen LogP contribution in [0.4, 0.5) is 0 Å². The van der Waals surface area contributed by atoms with Gasteiger partial charge in [0.05, 0.1) is 33.1 Å². The van der Waals surface area contributed by atoms with E-state index in [1.165, 1.54) is 88.0 Å². The summed E-state index contributed by atoms with van der Waals surface area (Å²) in [6.45, 7) is 0. The highest BCUT2D eigenvalue weighted by Gasteiger charge is 2.20. The molecule has 44 heavy (non-hydrogen) atoms. The minimum atomic E-state index is 1.22. The summed E-state index contributed by atoms with van der Waals surface area (Å²) >= 11 is 0. The zero-order valence-electron chi connectivity index (χ0n) is 23.9. The summed E-state index contributed by atoms with van der Waals surface area (Å²) in [5.74, 6) is 0. The van der Waals surface area contributed by atoms with Gasteiger partial charge in [-0.25, -0.2) is 0 Å². The number of para-hydroxylation sites is 3. The molecule has 204 valence electrons. The zero-order valence-corrected chi connectivity index (χ0v) is 23.9. The molecule has 0 amide bonds. The van der Waals surface area contributed by atoms with E-state index in [0.29, 0.717) is 0 Å². The third-order valence-electron chi connectivity index (χ3n) is 9.42. The van der Waals surface area contributed by atoms with Crippen LogP contribution in [0.3, 0.4) is 0 Å². The molecule has 0 aliphatic heterocycles. The van der Waals surface area contributed by atoms with E-state index in [4.69, 9.17) is 0 Å². The Morgan fingerprint density at radius 1 is 0.250 bits per heavy atom. The predicted octanol–water partition coefficient (Wildman–Crippen LogP) is 11.2. The Morgan fingerprint density at radius 2 is 0.682 bits per heavy atom. The van der Waals surface area contributed by atoms with Gasteiger partial charge in [0.25, 0.3) is 0 Å². The fourth-order valence-corrected chi connectivity index (χ4v) is 7.48. The van der Waals surface area contributed by atoms with Crippen molar-refractivity contribution in [1.82, 2.24) is 8.80 Å². The van der Waals surface area contributed by atoms with E-state index in [0.717, 1.165) is 0 Å². The van der Waals surface area contributed by atoms with Crippen molar-refractivity contribution in [2.45, 2.75) is 0 Å². The van der Waals surface area contributed by atoms with Crippen LogP contribution in [0, 0.1) is 0 Å². The van der Waals surface area contributed by atoms with Crippen molar-refractivity contribution in [2.75, 3.05) is 0 Å². The van der Waals surface area contributed by atoms with Crippen LogP contribution in [0.15, 0.2) is 158 Å². The number of hydrogen-bond donors (Lipinski definition) is 0. The summed E-state index contributed by atoms with van der Waals surface area (Å²) in [4.78, 5) is 0. The van der Waals surface area contributed by atoms with Crippen molar-refractivity contribution < 1.29 is 0 Å². The maximum atomic E-state index is 2.48. The van der Waals surface area contributed by atoms with Crippen molar-refractivity contribution in [3.8, 4) is 33.4 Å². The van der Waals surface area contributed by atoms with E-state index >= 15 is 0 Å². The van der Waals surface area contributed by atoms with Crippen LogP contribution in [-0.2, 0) is 0 Å². The number of nitrogens with zero attached hydrogens (tertiary/aromatic N) is 2. The molecule has 7 aromatic carbocycles. The van der Waals surface area contributed by atoms with Crippen LogP contribution < -0.4 is 0 Å². The Labute approximate surface area is 254 Å². The minimum absolute atomic E-state index is 1.22. The lowest BCUT2D eigenvalue weighted by molar-refractivity contribution is 1.26. The summed E-state index contributed by atoms with van der Waals surface area (Å²) in [7, 11) is 0. The standard InChI is InChI=1S/C42H26N2/c1-2-10-27(11-3-1)28-12-6-13-29(24-28)30-14-7-15-31(25-30)32-22-23-38-36(26-32)35-18-9-21-40-42(35)44(38)39-20-8-17-34-33-16-4-5-19-37(33)43(40)41(34)39/h1-26H. The first kappa shape index (κ1) is 23.7. The van der Waals surface area contributed by atoms with Gasteiger partial charge in [0.2, 0.25) is 0 Å². The van der Waals surface area contributed by atoms with Gasteiger partial charge in [0, 0.05) is 21.5 Å². The first-order chi connectivity index (χ1) is 21.8. The minimum Gasteiger partial charge on any atom is -0.305 e. The molecule has 0 atom stereocenters. The largest absolute Gasteiger partial charge is 0.305 e. The van der Waals surface area contributed by atoms with Crippen LogP contribution in [0.1, 0.15) is 0 Å². The normalized spacial score (nSPS) is 12.1. The Balaban J connectivity index is 1.19. The Hall–Kier alpha value is -5.86. The van der Waals surface area contributed by atoms with Crippen molar-refractivity contribution in [2.24, 2.45) is 0 Å². The summed E-state index contributed by atoms with van der Waals surface area (Å²) in [6.07, 6.45) is 0. The molecule has 2 nitrogen and oxygen atoms in total. The molecular formula is C42H26N2. The second-order valence-corrected chi connectivity index (χ2v) is 11.8. The van der Waals surface area contributed by atoms with Gasteiger partial charge in [-0.1, -0.05) is 115 Å². The van der Waals surface area contributed by atoms with Crippen LogP contribution in [0.2, 0.25) is 0 Å². The highest BCUT2D eigenvalue weighted by atomic mass is 15.0. The molecule has 0 N–H and O–H groups in total. The predicted molar refractivity (Wildman–Crippen MR) is 186 cm³/mol. The Kier molecular flexibility index (Phi) is 4.75. The summed E-state index contributed by atoms with van der Waals surface area (Å²) in [5.41, 5.74) is 14.9. The fraction of sp³-hybridized carbons (Fsp3) is 0. The second-order valence-electron chi connectivity index (χ2n) is 11.8. The molecule has 2 heteroatoms. The first-order valence-electron chi connectivity index (χ1n) is 15.2. The smallest absolute Gasteiger partial charge is 0.0783 e. The average molecular weight is 559 g/mol. The van der Waals surface area contributed by atoms with Crippen LogP contribution in [-0.4, -0.2) is 8.80 Å². The molecule has 0 radical (unpaired) electrons. The van der Waals surface area contributed by atoms with E-state index in [-0.39, 0.29) is 0 Å². The van der Waals surface area contributed by atoms with E-state index in [2.05, 4.69) is 167 Å². The highest BCUT2D eigenvalue weighted by molar-refractivity contribution is 6.21. The maximum absolute atomic E-state index is 2.48. The number of benzene rings is 7. The van der Waals surface area contributed by atoms with Crippen molar-refractivity contribution in [3.63, 3.8) is 0 Å². The molecule has 0 unspecified atom stereocenters. The number of fused-ring (bicyclic) bond motifs is 8. The van der Waals surface area contributed by atoms with Crippen LogP contribution in [0.25, 0.3) is 88.0 Å². The summed E-state index contributed by atoms with van der Waals surface area (Å²) in [6, 6.07) is 57.7. The Bertz CT molecular complexity index is 2710. The average Bonchev–Trinajstić information content (AvgIpc) is 3.62.